The summed E-state index contributed by atoms with van der Waals surface area (Å²) < 4.78 is 20.8. The van der Waals surface area contributed by atoms with Crippen LogP contribution in [0.4, 0.5) is 4.79 Å². The highest BCUT2D eigenvalue weighted by Crippen LogP contribution is 2.36. The Morgan fingerprint density at radius 1 is 1.27 bits per heavy atom. The van der Waals surface area contributed by atoms with Crippen LogP contribution in [0.2, 0.25) is 5.02 Å². The molecule has 1 fully saturated rings. The first-order chi connectivity index (χ1) is 14.4. The van der Waals surface area contributed by atoms with Crippen LogP contribution in [0.5, 0.6) is 11.5 Å². The Kier molecular flexibility index (Phi) is 6.31. The van der Waals surface area contributed by atoms with E-state index in [4.69, 9.17) is 25.5 Å². The van der Waals surface area contributed by atoms with Crippen molar-refractivity contribution in [3.8, 4) is 11.5 Å². The van der Waals surface area contributed by atoms with Crippen molar-refractivity contribution >= 4 is 35.6 Å². The summed E-state index contributed by atoms with van der Waals surface area (Å²) in [5.74, 6) is -0.209. The number of carbonyl (C=O) groups is 3. The Morgan fingerprint density at radius 2 is 2.03 bits per heavy atom. The topological polar surface area (TPSA) is 107 Å². The number of imide groups is 1. The van der Waals surface area contributed by atoms with E-state index < -0.39 is 17.9 Å². The third-order valence-corrected chi connectivity index (χ3v) is 4.40. The predicted molar refractivity (Wildman–Crippen MR) is 106 cm³/mol. The number of carbonyl (C=O) groups excluding carboxylic acids is 3. The number of furan rings is 1. The van der Waals surface area contributed by atoms with Crippen molar-refractivity contribution in [2.75, 3.05) is 20.8 Å². The largest absolute Gasteiger partial charge is 0.493 e. The molecule has 0 aliphatic carbocycles. The number of nitrogens with one attached hydrogen (secondary N) is 1. The van der Waals surface area contributed by atoms with Crippen LogP contribution >= 0.6 is 11.6 Å². The Hall–Kier alpha value is -3.46. The summed E-state index contributed by atoms with van der Waals surface area (Å²) in [4.78, 5) is 37.5. The first-order valence-electron chi connectivity index (χ1n) is 8.89. The number of halogens is 1. The van der Waals surface area contributed by atoms with Gasteiger partial charge in [0.1, 0.15) is 11.5 Å². The van der Waals surface area contributed by atoms with E-state index >= 15 is 0 Å². The molecular formula is C20H19ClN2O7. The van der Waals surface area contributed by atoms with Crippen LogP contribution in [0.15, 0.2) is 34.4 Å². The first-order valence-corrected chi connectivity index (χ1v) is 9.27. The van der Waals surface area contributed by atoms with Gasteiger partial charge in [-0.2, -0.15) is 0 Å². The molecule has 1 N–H and O–H groups in total. The molecule has 0 unspecified atom stereocenters. The van der Waals surface area contributed by atoms with Crippen molar-refractivity contribution in [3.05, 3.63) is 52.1 Å². The third kappa shape index (κ3) is 4.25. The van der Waals surface area contributed by atoms with Gasteiger partial charge in [0.2, 0.25) is 5.76 Å². The molecule has 3 rings (SSSR count). The van der Waals surface area contributed by atoms with Crippen molar-refractivity contribution in [2.24, 2.45) is 0 Å². The van der Waals surface area contributed by atoms with Crippen molar-refractivity contribution in [1.29, 1.82) is 0 Å². The number of esters is 1. The van der Waals surface area contributed by atoms with E-state index in [9.17, 15) is 14.4 Å². The third-order valence-electron chi connectivity index (χ3n) is 4.18. The number of benzene rings is 1. The smallest absolute Gasteiger partial charge is 0.373 e. The normalized spacial score (nSPS) is 14.8. The zero-order valence-electron chi connectivity index (χ0n) is 16.5. The van der Waals surface area contributed by atoms with Crippen molar-refractivity contribution < 1.29 is 33.0 Å². The lowest BCUT2D eigenvalue weighted by Crippen LogP contribution is -2.30. The van der Waals surface area contributed by atoms with E-state index in [1.165, 1.54) is 32.4 Å². The standard InChI is InChI=1S/C20H19ClN2O7/c1-4-29-17-11(7-12(21)9-16(17)27-2)8-14-18(24)23(20(26)22-14)10-13-5-6-15(30-13)19(25)28-3/h5-9H,4,10H2,1-3H3,(H,22,26)/b14-8-. The van der Waals surface area contributed by atoms with Gasteiger partial charge in [-0.1, -0.05) is 11.6 Å². The maximum Gasteiger partial charge on any atom is 0.373 e. The SMILES string of the molecule is CCOc1c(/C=C2\NC(=O)N(Cc3ccc(C(=O)OC)o3)C2=O)cc(Cl)cc1OC. The molecule has 1 saturated heterocycles. The predicted octanol–water partition coefficient (Wildman–Crippen LogP) is 3.22. The molecule has 2 aromatic rings. The summed E-state index contributed by atoms with van der Waals surface area (Å²) in [7, 11) is 2.70. The Bertz CT molecular complexity index is 1030. The lowest BCUT2D eigenvalue weighted by atomic mass is 10.1. The van der Waals surface area contributed by atoms with Gasteiger partial charge in [0.05, 0.1) is 27.4 Å². The van der Waals surface area contributed by atoms with Crippen LogP contribution in [-0.2, 0) is 16.1 Å². The molecule has 0 spiro atoms. The fourth-order valence-corrected chi connectivity index (χ4v) is 3.06. The second kappa shape index (κ2) is 8.91. The number of methoxy groups -OCH3 is 2. The highest BCUT2D eigenvalue weighted by Gasteiger charge is 2.34. The summed E-state index contributed by atoms with van der Waals surface area (Å²) in [5.41, 5.74) is 0.502. The first kappa shape index (κ1) is 21.3. The number of urea groups is 1. The number of hydrogen-bond donors (Lipinski definition) is 1. The minimum atomic E-state index is -0.655. The van der Waals surface area contributed by atoms with E-state index in [1.54, 1.807) is 19.1 Å². The summed E-state index contributed by atoms with van der Waals surface area (Å²) in [6, 6.07) is 5.45. The van der Waals surface area contributed by atoms with Gasteiger partial charge in [-0.15, -0.1) is 0 Å². The molecule has 0 bridgehead atoms. The average molecular weight is 435 g/mol. The molecule has 0 saturated carbocycles. The maximum atomic E-state index is 12.8. The van der Waals surface area contributed by atoms with E-state index in [0.29, 0.717) is 28.7 Å². The van der Waals surface area contributed by atoms with Gasteiger partial charge in [-0.3, -0.25) is 9.69 Å². The number of hydrogen-bond acceptors (Lipinski definition) is 7. The highest BCUT2D eigenvalue weighted by atomic mass is 35.5. The Labute approximate surface area is 177 Å². The van der Waals surface area contributed by atoms with Gasteiger partial charge in [-0.25, -0.2) is 9.59 Å². The van der Waals surface area contributed by atoms with Gasteiger partial charge < -0.3 is 23.9 Å². The molecular weight excluding hydrogens is 416 g/mol. The number of nitrogens with zero attached hydrogens (tertiary/aromatic N) is 1. The summed E-state index contributed by atoms with van der Waals surface area (Å²) in [5, 5.41) is 2.89. The summed E-state index contributed by atoms with van der Waals surface area (Å²) in [6.07, 6.45) is 1.46. The van der Waals surface area contributed by atoms with Crippen LogP contribution in [0.25, 0.3) is 6.08 Å². The molecule has 2 heterocycles. The average Bonchev–Trinajstić information content (AvgIpc) is 3.29. The molecule has 3 amide bonds. The van der Waals surface area contributed by atoms with Crippen molar-refractivity contribution in [1.82, 2.24) is 10.2 Å². The molecule has 0 atom stereocenters. The van der Waals surface area contributed by atoms with Gasteiger partial charge in [0, 0.05) is 16.7 Å². The van der Waals surface area contributed by atoms with E-state index in [2.05, 4.69) is 10.1 Å². The summed E-state index contributed by atoms with van der Waals surface area (Å²) in [6.45, 7) is 2.01. The highest BCUT2D eigenvalue weighted by molar-refractivity contribution is 6.31. The van der Waals surface area contributed by atoms with Crippen molar-refractivity contribution in [3.63, 3.8) is 0 Å². The minimum absolute atomic E-state index is 0.0253. The van der Waals surface area contributed by atoms with E-state index in [-0.39, 0.29) is 23.8 Å². The van der Waals surface area contributed by atoms with Crippen LogP contribution in [-0.4, -0.2) is 43.6 Å². The van der Waals surface area contributed by atoms with E-state index in [1.807, 2.05) is 0 Å². The maximum absolute atomic E-state index is 12.8. The minimum Gasteiger partial charge on any atom is -0.493 e. The quantitative estimate of drug-likeness (QED) is 0.405. The molecule has 1 aromatic heterocycles. The molecule has 9 nitrogen and oxygen atoms in total. The molecule has 0 radical (unpaired) electrons. The Balaban J connectivity index is 1.87. The molecule has 158 valence electrons. The zero-order valence-corrected chi connectivity index (χ0v) is 17.2. The second-order valence-electron chi connectivity index (χ2n) is 6.10. The molecule has 1 aliphatic rings. The van der Waals surface area contributed by atoms with Gasteiger partial charge >= 0.3 is 12.0 Å². The van der Waals surface area contributed by atoms with Gasteiger partial charge in [-0.05, 0) is 31.2 Å². The number of rotatable bonds is 7. The monoisotopic (exact) mass is 434 g/mol. The number of ether oxygens (including phenoxy) is 3. The van der Waals surface area contributed by atoms with Gasteiger partial charge in [0.25, 0.3) is 5.91 Å². The Morgan fingerprint density at radius 3 is 2.70 bits per heavy atom. The molecule has 1 aliphatic heterocycles. The summed E-state index contributed by atoms with van der Waals surface area (Å²) >= 11 is 6.13. The lowest BCUT2D eigenvalue weighted by molar-refractivity contribution is -0.123. The molecule has 30 heavy (non-hydrogen) atoms. The van der Waals surface area contributed by atoms with Gasteiger partial charge in [0.15, 0.2) is 11.5 Å². The second-order valence-corrected chi connectivity index (χ2v) is 6.53. The van der Waals surface area contributed by atoms with Crippen LogP contribution < -0.4 is 14.8 Å². The van der Waals surface area contributed by atoms with Crippen LogP contribution in [0.1, 0.15) is 28.8 Å². The molecule has 1 aromatic carbocycles. The fourth-order valence-electron chi connectivity index (χ4n) is 2.85. The number of amides is 3. The zero-order chi connectivity index (χ0) is 21.8. The fraction of sp³-hybridized carbons (Fsp3) is 0.250. The molecule has 10 heteroatoms. The van der Waals surface area contributed by atoms with Crippen molar-refractivity contribution in [2.45, 2.75) is 13.5 Å². The lowest BCUT2D eigenvalue weighted by Gasteiger charge is -2.13. The van der Waals surface area contributed by atoms with Crippen LogP contribution in [0.3, 0.4) is 0 Å². The van der Waals surface area contributed by atoms with E-state index in [0.717, 1.165) is 4.90 Å². The van der Waals surface area contributed by atoms with Crippen LogP contribution in [0, 0.1) is 0 Å².